The van der Waals surface area contributed by atoms with Gasteiger partial charge in [-0.25, -0.2) is 9.97 Å². The summed E-state index contributed by atoms with van der Waals surface area (Å²) < 4.78 is 0. The molecule has 0 bridgehead atoms. The third-order valence-electron chi connectivity index (χ3n) is 7.21. The molecule has 2 aromatic carbocycles. The molecular formula is C30H39ClN4O. The van der Waals surface area contributed by atoms with Crippen LogP contribution in [0.25, 0.3) is 11.3 Å². The Morgan fingerprint density at radius 2 is 1.86 bits per heavy atom. The molecule has 4 rings (SSSR count). The number of halogens is 1. The maximum Gasteiger partial charge on any atom is 0.134 e. The van der Waals surface area contributed by atoms with Crippen molar-refractivity contribution in [3.05, 3.63) is 76.7 Å². The molecule has 0 unspecified atom stereocenters. The third-order valence-corrected chi connectivity index (χ3v) is 7.51. The summed E-state index contributed by atoms with van der Waals surface area (Å²) in [5, 5.41) is 10.0. The van der Waals surface area contributed by atoms with Crippen LogP contribution in [0.15, 0.2) is 54.7 Å². The van der Waals surface area contributed by atoms with Crippen molar-refractivity contribution >= 4 is 11.6 Å². The highest BCUT2D eigenvalue weighted by atomic mass is 35.5. The van der Waals surface area contributed by atoms with E-state index >= 15 is 0 Å². The lowest BCUT2D eigenvalue weighted by Crippen LogP contribution is -2.44. The molecule has 2 heterocycles. The molecule has 1 aliphatic heterocycles. The van der Waals surface area contributed by atoms with Crippen LogP contribution in [0.3, 0.4) is 0 Å². The van der Waals surface area contributed by atoms with Crippen LogP contribution in [-0.2, 0) is 19.4 Å². The molecule has 0 spiro atoms. The zero-order valence-corrected chi connectivity index (χ0v) is 22.4. The van der Waals surface area contributed by atoms with Crippen LogP contribution in [0, 0.1) is 0 Å². The molecule has 36 heavy (non-hydrogen) atoms. The van der Waals surface area contributed by atoms with Gasteiger partial charge in [0.05, 0.1) is 10.7 Å². The van der Waals surface area contributed by atoms with Gasteiger partial charge in [-0.2, -0.15) is 0 Å². The highest BCUT2D eigenvalue weighted by Crippen LogP contribution is 2.25. The zero-order valence-electron chi connectivity index (χ0n) is 21.7. The van der Waals surface area contributed by atoms with Crippen molar-refractivity contribution in [1.82, 2.24) is 19.8 Å². The van der Waals surface area contributed by atoms with E-state index in [4.69, 9.17) is 16.6 Å². The van der Waals surface area contributed by atoms with Crippen molar-refractivity contribution in [2.24, 2.45) is 0 Å². The number of nitrogens with zero attached hydrogens (tertiary/aromatic N) is 4. The van der Waals surface area contributed by atoms with Crippen molar-refractivity contribution in [2.45, 2.75) is 65.0 Å². The monoisotopic (exact) mass is 506 g/mol. The third kappa shape index (κ3) is 7.28. The molecular weight excluding hydrogens is 468 g/mol. The molecule has 0 atom stereocenters. The minimum absolute atomic E-state index is 0.123. The quantitative estimate of drug-likeness (QED) is 0.327. The van der Waals surface area contributed by atoms with Crippen molar-refractivity contribution in [2.75, 3.05) is 26.2 Å². The number of hydrogen-bond donors (Lipinski definition) is 1. The fourth-order valence-electron chi connectivity index (χ4n) is 5.22. The average Bonchev–Trinajstić information content (AvgIpc) is 2.90. The van der Waals surface area contributed by atoms with Gasteiger partial charge in [-0.15, -0.1) is 0 Å². The van der Waals surface area contributed by atoms with E-state index in [9.17, 15) is 5.11 Å². The number of piperidine rings is 1. The van der Waals surface area contributed by atoms with E-state index in [-0.39, 0.29) is 5.75 Å². The summed E-state index contributed by atoms with van der Waals surface area (Å²) in [4.78, 5) is 14.6. The number of aromatic hydroxyl groups is 1. The smallest absolute Gasteiger partial charge is 0.134 e. The summed E-state index contributed by atoms with van der Waals surface area (Å²) in [6, 6.07) is 16.9. The first kappa shape index (κ1) is 26.6. The average molecular weight is 507 g/mol. The number of phenolic OH excluding ortho intramolecular Hbond substituents is 1. The van der Waals surface area contributed by atoms with Crippen molar-refractivity contribution in [3.63, 3.8) is 0 Å². The lowest BCUT2D eigenvalue weighted by Gasteiger charge is -2.38. The first-order chi connectivity index (χ1) is 17.6. The Hall–Kier alpha value is -2.47. The second kappa shape index (κ2) is 13.2. The van der Waals surface area contributed by atoms with Crippen LogP contribution in [0.4, 0.5) is 0 Å². The summed E-state index contributed by atoms with van der Waals surface area (Å²) in [6.45, 7) is 10.3. The van der Waals surface area contributed by atoms with Gasteiger partial charge in [0.25, 0.3) is 0 Å². The summed E-state index contributed by atoms with van der Waals surface area (Å²) in [5.74, 6) is 0.981. The molecule has 5 nitrogen and oxygen atoms in total. The molecule has 0 saturated carbocycles. The van der Waals surface area contributed by atoms with Crippen molar-refractivity contribution < 1.29 is 5.11 Å². The molecule has 1 fully saturated rings. The van der Waals surface area contributed by atoms with Crippen LogP contribution in [0.5, 0.6) is 5.75 Å². The summed E-state index contributed by atoms with van der Waals surface area (Å²) in [7, 11) is 0. The second-order valence-corrected chi connectivity index (χ2v) is 10.2. The van der Waals surface area contributed by atoms with E-state index in [1.54, 1.807) is 6.07 Å². The molecule has 192 valence electrons. The largest absolute Gasteiger partial charge is 0.506 e. The maximum absolute atomic E-state index is 9.61. The molecule has 3 aromatic rings. The minimum Gasteiger partial charge on any atom is -0.506 e. The Labute approximate surface area is 221 Å². The summed E-state index contributed by atoms with van der Waals surface area (Å²) >= 11 is 6.03. The number of aromatic nitrogens is 2. The van der Waals surface area contributed by atoms with Gasteiger partial charge in [0.2, 0.25) is 0 Å². The Morgan fingerprint density at radius 1 is 1.03 bits per heavy atom. The SMILES string of the molecule is CCCN1CCC(N(CC)Cc2cccc(-c3ccnc(CCCc4ccc(O)c(Cl)c4)n3)c2)CC1. The van der Waals surface area contributed by atoms with Gasteiger partial charge in [0.15, 0.2) is 0 Å². The van der Waals surface area contributed by atoms with Gasteiger partial charge < -0.3 is 10.0 Å². The highest BCUT2D eigenvalue weighted by molar-refractivity contribution is 6.32. The summed E-state index contributed by atoms with van der Waals surface area (Å²) in [5.41, 5.74) is 4.58. The molecule has 1 aliphatic rings. The van der Waals surface area contributed by atoms with E-state index in [1.165, 1.54) is 44.5 Å². The molecule has 1 N–H and O–H groups in total. The number of hydrogen-bond acceptors (Lipinski definition) is 5. The van der Waals surface area contributed by atoms with Gasteiger partial charge in [0.1, 0.15) is 11.6 Å². The van der Waals surface area contributed by atoms with Gasteiger partial charge in [0, 0.05) is 30.8 Å². The maximum atomic E-state index is 9.61. The zero-order chi connectivity index (χ0) is 25.3. The van der Waals surface area contributed by atoms with Gasteiger partial charge in [-0.3, -0.25) is 4.90 Å². The van der Waals surface area contributed by atoms with Crippen LogP contribution in [0.1, 0.15) is 56.5 Å². The predicted octanol–water partition coefficient (Wildman–Crippen LogP) is 6.37. The molecule has 0 amide bonds. The van der Waals surface area contributed by atoms with Crippen LogP contribution in [0.2, 0.25) is 5.02 Å². The predicted molar refractivity (Wildman–Crippen MR) is 148 cm³/mol. The Balaban J connectivity index is 1.36. The molecule has 0 radical (unpaired) electrons. The van der Waals surface area contributed by atoms with Crippen LogP contribution >= 0.6 is 11.6 Å². The van der Waals surface area contributed by atoms with E-state index < -0.39 is 0 Å². The first-order valence-electron chi connectivity index (χ1n) is 13.4. The normalized spacial score (nSPS) is 15.0. The van der Waals surface area contributed by atoms with Gasteiger partial charge in [-0.1, -0.05) is 49.7 Å². The van der Waals surface area contributed by atoms with Crippen molar-refractivity contribution in [1.29, 1.82) is 0 Å². The number of rotatable bonds is 11. The number of likely N-dealkylation sites (tertiary alicyclic amines) is 1. The Bertz CT molecular complexity index is 1110. The molecule has 6 heteroatoms. The number of aryl methyl sites for hydroxylation is 2. The second-order valence-electron chi connectivity index (χ2n) is 9.83. The minimum atomic E-state index is 0.123. The standard InChI is InChI=1S/C30H39ClN4O/c1-3-17-34-18-14-26(15-19-34)35(4-2)22-24-8-5-9-25(20-24)28-13-16-32-30(33-28)10-6-7-23-11-12-29(36)27(31)21-23/h5,8-9,11-13,16,20-21,26,36H,3-4,6-7,10,14-15,17-19,22H2,1-2H3. The molecule has 0 aliphatic carbocycles. The van der Waals surface area contributed by atoms with E-state index in [1.807, 2.05) is 24.4 Å². The summed E-state index contributed by atoms with van der Waals surface area (Å²) in [6.07, 6.45) is 8.22. The van der Waals surface area contributed by atoms with Crippen LogP contribution < -0.4 is 0 Å². The van der Waals surface area contributed by atoms with E-state index in [2.05, 4.69) is 52.9 Å². The highest BCUT2D eigenvalue weighted by Gasteiger charge is 2.23. The first-order valence-corrected chi connectivity index (χ1v) is 13.8. The fourth-order valence-corrected chi connectivity index (χ4v) is 5.43. The lowest BCUT2D eigenvalue weighted by atomic mass is 10.0. The van der Waals surface area contributed by atoms with E-state index in [0.717, 1.165) is 55.0 Å². The molecule has 1 saturated heterocycles. The Kier molecular flexibility index (Phi) is 9.74. The van der Waals surface area contributed by atoms with Crippen molar-refractivity contribution in [3.8, 4) is 17.0 Å². The number of benzene rings is 2. The molecule has 1 aromatic heterocycles. The lowest BCUT2D eigenvalue weighted by molar-refractivity contribution is 0.107. The van der Waals surface area contributed by atoms with E-state index in [0.29, 0.717) is 11.1 Å². The van der Waals surface area contributed by atoms with Gasteiger partial charge >= 0.3 is 0 Å². The Morgan fingerprint density at radius 3 is 2.61 bits per heavy atom. The fraction of sp³-hybridized carbons (Fsp3) is 0.467. The van der Waals surface area contributed by atoms with Crippen LogP contribution in [-0.4, -0.2) is 57.1 Å². The topological polar surface area (TPSA) is 52.5 Å². The van der Waals surface area contributed by atoms with Gasteiger partial charge in [-0.05, 0) is 93.7 Å². The number of phenols is 1.